The van der Waals surface area contributed by atoms with Gasteiger partial charge in [0, 0.05) is 19.0 Å². The van der Waals surface area contributed by atoms with Gasteiger partial charge in [0.2, 0.25) is 0 Å². The van der Waals surface area contributed by atoms with Crippen molar-refractivity contribution >= 4 is 37.0 Å². The fourth-order valence-electron chi connectivity index (χ4n) is 3.18. The molecule has 0 heterocycles. The van der Waals surface area contributed by atoms with Crippen LogP contribution in [0.4, 0.5) is 0 Å². The molecule has 140 valence electrons. The van der Waals surface area contributed by atoms with E-state index in [4.69, 9.17) is 24.3 Å². The Morgan fingerprint density at radius 1 is 0.696 bits per heavy atom. The highest BCUT2D eigenvalue weighted by Gasteiger charge is 2.51. The summed E-state index contributed by atoms with van der Waals surface area (Å²) in [6, 6.07) is 7.62. The molecular formula is C16H39ClO3Si3. The van der Waals surface area contributed by atoms with E-state index in [2.05, 4.69) is 41.5 Å². The van der Waals surface area contributed by atoms with Crippen LogP contribution in [-0.2, 0) is 12.7 Å². The lowest BCUT2D eigenvalue weighted by Crippen LogP contribution is -2.59. The van der Waals surface area contributed by atoms with Gasteiger partial charge in [-0.05, 0) is 42.7 Å². The van der Waals surface area contributed by atoms with Crippen LogP contribution in [0.5, 0.6) is 0 Å². The average molecular weight is 399 g/mol. The van der Waals surface area contributed by atoms with Gasteiger partial charge in [-0.2, -0.15) is 0 Å². The number of rotatable bonds is 14. The molecule has 7 heteroatoms. The van der Waals surface area contributed by atoms with E-state index in [1.54, 1.807) is 7.11 Å². The Bertz CT molecular complexity index is 272. The van der Waals surface area contributed by atoms with Gasteiger partial charge in [0.15, 0.2) is 16.6 Å². The van der Waals surface area contributed by atoms with E-state index >= 15 is 0 Å². The molecule has 0 atom stereocenters. The van der Waals surface area contributed by atoms with E-state index in [9.17, 15) is 0 Å². The molecule has 0 saturated heterocycles. The summed E-state index contributed by atoms with van der Waals surface area (Å²) in [7, 11) is -4.40. The minimum Gasteiger partial charge on any atom is -0.416 e. The molecular weight excluding hydrogens is 360 g/mol. The summed E-state index contributed by atoms with van der Waals surface area (Å²) in [5, 5.41) is 0. The lowest BCUT2D eigenvalue weighted by molar-refractivity contribution is 0.193. The molecule has 0 aliphatic heterocycles. The standard InChI is InChI=1S/C16H39ClO3Si3/c1-8-21(9-2,10-3)19-23(18-7,16-14-15-17)20-22(11-4,12-5)13-6/h8-16H2,1-7H3. The summed E-state index contributed by atoms with van der Waals surface area (Å²) in [6.45, 7) is 13.6. The molecule has 0 saturated carbocycles. The smallest absolute Gasteiger partial charge is 0.416 e. The van der Waals surface area contributed by atoms with Gasteiger partial charge in [0.1, 0.15) is 0 Å². The van der Waals surface area contributed by atoms with Crippen LogP contribution in [0.25, 0.3) is 0 Å². The van der Waals surface area contributed by atoms with Gasteiger partial charge in [-0.15, -0.1) is 11.6 Å². The molecule has 0 N–H and O–H groups in total. The SMILES string of the molecule is CC[Si](CC)(CC)O[Si](CCCCl)(OC)O[Si](CC)(CC)CC. The first-order valence-corrected chi connectivity index (χ1v) is 16.9. The number of hydrogen-bond donors (Lipinski definition) is 0. The van der Waals surface area contributed by atoms with Crippen LogP contribution in [0.2, 0.25) is 42.3 Å². The number of hydrogen-bond acceptors (Lipinski definition) is 3. The Morgan fingerprint density at radius 2 is 1.04 bits per heavy atom. The van der Waals surface area contributed by atoms with Crippen molar-refractivity contribution in [2.24, 2.45) is 0 Å². The maximum atomic E-state index is 6.90. The lowest BCUT2D eigenvalue weighted by Gasteiger charge is -2.44. The van der Waals surface area contributed by atoms with Crippen LogP contribution < -0.4 is 0 Å². The van der Waals surface area contributed by atoms with Crippen molar-refractivity contribution in [1.29, 1.82) is 0 Å². The predicted octanol–water partition coefficient (Wildman–Crippen LogP) is 6.24. The molecule has 0 fully saturated rings. The van der Waals surface area contributed by atoms with Crippen LogP contribution in [-0.4, -0.2) is 38.4 Å². The van der Waals surface area contributed by atoms with Gasteiger partial charge in [0.05, 0.1) is 0 Å². The second-order valence-corrected chi connectivity index (χ2v) is 19.6. The summed E-state index contributed by atoms with van der Waals surface area (Å²) in [5.74, 6) is 0.642. The van der Waals surface area contributed by atoms with Gasteiger partial charge in [-0.3, -0.25) is 0 Å². The average Bonchev–Trinajstić information content (AvgIpc) is 2.62. The summed E-state index contributed by atoms with van der Waals surface area (Å²) < 4.78 is 19.9. The molecule has 0 bridgehead atoms. The van der Waals surface area contributed by atoms with Crippen LogP contribution in [0, 0.1) is 0 Å². The molecule has 0 rings (SSSR count). The Morgan fingerprint density at radius 3 is 1.26 bits per heavy atom. The van der Waals surface area contributed by atoms with Crippen molar-refractivity contribution in [2.45, 2.75) is 90.3 Å². The normalized spacial score (nSPS) is 13.6. The summed E-state index contributed by atoms with van der Waals surface area (Å²) >= 11 is 5.99. The van der Waals surface area contributed by atoms with Gasteiger partial charge < -0.3 is 12.7 Å². The van der Waals surface area contributed by atoms with Crippen molar-refractivity contribution in [1.82, 2.24) is 0 Å². The van der Waals surface area contributed by atoms with Gasteiger partial charge in [-0.25, -0.2) is 0 Å². The third-order valence-electron chi connectivity index (χ3n) is 5.54. The number of alkyl halides is 1. The van der Waals surface area contributed by atoms with Crippen LogP contribution >= 0.6 is 11.6 Å². The third-order valence-corrected chi connectivity index (χ3v) is 21.1. The molecule has 0 aliphatic carbocycles. The summed E-state index contributed by atoms with van der Waals surface area (Å²) in [4.78, 5) is 0. The third kappa shape index (κ3) is 6.56. The van der Waals surface area contributed by atoms with Crippen LogP contribution in [0.1, 0.15) is 48.0 Å². The molecule has 0 aliphatic rings. The van der Waals surface area contributed by atoms with Crippen molar-refractivity contribution in [3.05, 3.63) is 0 Å². The maximum Gasteiger partial charge on any atom is 0.479 e. The van der Waals surface area contributed by atoms with E-state index in [-0.39, 0.29) is 0 Å². The lowest BCUT2D eigenvalue weighted by atomic mass is 10.6. The highest BCUT2D eigenvalue weighted by molar-refractivity contribution is 6.87. The monoisotopic (exact) mass is 398 g/mol. The zero-order valence-corrected chi connectivity index (χ0v) is 20.2. The van der Waals surface area contributed by atoms with Gasteiger partial charge in [-0.1, -0.05) is 41.5 Å². The van der Waals surface area contributed by atoms with Crippen LogP contribution in [0.15, 0.2) is 0 Å². The molecule has 0 amide bonds. The molecule has 0 aromatic rings. The minimum absolute atomic E-state index is 0.642. The Balaban J connectivity index is 5.61. The fourth-order valence-corrected chi connectivity index (χ4v) is 18.1. The predicted molar refractivity (Wildman–Crippen MR) is 109 cm³/mol. The fraction of sp³-hybridized carbons (Fsp3) is 1.00. The molecule has 0 spiro atoms. The highest BCUT2D eigenvalue weighted by atomic mass is 35.5. The second kappa shape index (κ2) is 11.4. The Kier molecular flexibility index (Phi) is 11.8. The Labute approximate surface area is 153 Å². The van der Waals surface area contributed by atoms with E-state index in [0.29, 0.717) is 5.88 Å². The molecule has 3 nitrogen and oxygen atoms in total. The van der Waals surface area contributed by atoms with Crippen LogP contribution in [0.3, 0.4) is 0 Å². The number of halogens is 1. The molecule has 0 aromatic heterocycles. The van der Waals surface area contributed by atoms with Crippen molar-refractivity contribution in [3.63, 3.8) is 0 Å². The summed E-state index contributed by atoms with van der Waals surface area (Å²) in [5.41, 5.74) is 0. The van der Waals surface area contributed by atoms with Crippen molar-refractivity contribution in [3.8, 4) is 0 Å². The highest BCUT2D eigenvalue weighted by Crippen LogP contribution is 2.34. The second-order valence-electron chi connectivity index (χ2n) is 6.37. The molecule has 0 unspecified atom stereocenters. The largest absolute Gasteiger partial charge is 0.479 e. The van der Waals surface area contributed by atoms with Gasteiger partial charge >= 0.3 is 8.80 Å². The first-order chi connectivity index (χ1) is 10.9. The first kappa shape index (κ1) is 23.8. The zero-order valence-electron chi connectivity index (χ0n) is 16.5. The molecule has 0 radical (unpaired) electrons. The quantitative estimate of drug-likeness (QED) is 0.256. The molecule has 0 aromatic carbocycles. The Hall–Kier alpha value is 0.821. The van der Waals surface area contributed by atoms with Gasteiger partial charge in [0.25, 0.3) is 0 Å². The summed E-state index contributed by atoms with van der Waals surface area (Å²) in [6.07, 6.45) is 0.908. The van der Waals surface area contributed by atoms with E-state index in [1.807, 2.05) is 0 Å². The van der Waals surface area contributed by atoms with Crippen molar-refractivity contribution in [2.75, 3.05) is 13.0 Å². The zero-order chi connectivity index (χ0) is 18.0. The van der Waals surface area contributed by atoms with E-state index in [1.165, 1.54) is 0 Å². The molecule has 23 heavy (non-hydrogen) atoms. The van der Waals surface area contributed by atoms with Crippen molar-refractivity contribution < 1.29 is 12.7 Å². The van der Waals surface area contributed by atoms with E-state index in [0.717, 1.165) is 48.7 Å². The minimum atomic E-state index is -2.65. The van der Waals surface area contributed by atoms with E-state index < -0.39 is 25.4 Å². The first-order valence-electron chi connectivity index (χ1n) is 9.41. The topological polar surface area (TPSA) is 27.7 Å². The maximum absolute atomic E-state index is 6.90.